The zero-order chi connectivity index (χ0) is 12.8. The molecular formula is C14H18N2O2. The first-order chi connectivity index (χ1) is 8.65. The second kappa shape index (κ2) is 3.99. The molecule has 2 fully saturated rings. The highest BCUT2D eigenvalue weighted by atomic mass is 16.5. The molecular weight excluding hydrogens is 228 g/mol. The van der Waals surface area contributed by atoms with Crippen LogP contribution in [0.15, 0.2) is 24.3 Å². The van der Waals surface area contributed by atoms with Crippen LogP contribution < -0.4 is 10.5 Å². The van der Waals surface area contributed by atoms with E-state index < -0.39 is 0 Å². The average molecular weight is 246 g/mol. The van der Waals surface area contributed by atoms with Crippen molar-refractivity contribution >= 4 is 5.91 Å². The fraction of sp³-hybridized carbons (Fsp3) is 0.500. The smallest absolute Gasteiger partial charge is 0.230 e. The fourth-order valence-corrected chi connectivity index (χ4v) is 2.78. The minimum Gasteiger partial charge on any atom is -0.497 e. The van der Waals surface area contributed by atoms with Crippen LogP contribution in [-0.4, -0.2) is 30.5 Å². The lowest BCUT2D eigenvalue weighted by molar-refractivity contribution is -0.132. The molecule has 1 spiro atoms. The molecule has 0 bridgehead atoms. The Morgan fingerprint density at radius 1 is 1.39 bits per heavy atom. The van der Waals surface area contributed by atoms with Crippen LogP contribution in [0.25, 0.3) is 0 Å². The normalized spacial score (nSPS) is 24.7. The molecule has 1 aliphatic heterocycles. The molecule has 4 heteroatoms. The summed E-state index contributed by atoms with van der Waals surface area (Å²) in [6.45, 7) is 1.34. The second-order valence-corrected chi connectivity index (χ2v) is 5.30. The van der Waals surface area contributed by atoms with E-state index in [0.29, 0.717) is 13.1 Å². The second-order valence-electron chi connectivity index (χ2n) is 5.30. The summed E-state index contributed by atoms with van der Waals surface area (Å²) in [7, 11) is 1.65. The van der Waals surface area contributed by atoms with Gasteiger partial charge in [0.25, 0.3) is 0 Å². The van der Waals surface area contributed by atoms with Gasteiger partial charge in [0.05, 0.1) is 12.5 Å². The average Bonchev–Trinajstić information content (AvgIpc) is 3.15. The van der Waals surface area contributed by atoms with Gasteiger partial charge in [0.15, 0.2) is 0 Å². The third kappa shape index (κ3) is 1.68. The van der Waals surface area contributed by atoms with Gasteiger partial charge in [-0.25, -0.2) is 0 Å². The van der Waals surface area contributed by atoms with Gasteiger partial charge in [-0.05, 0) is 30.5 Å². The van der Waals surface area contributed by atoms with Gasteiger partial charge in [0.1, 0.15) is 5.75 Å². The van der Waals surface area contributed by atoms with Crippen LogP contribution in [0, 0.1) is 5.41 Å². The molecule has 1 heterocycles. The maximum Gasteiger partial charge on any atom is 0.230 e. The number of ether oxygens (including phenoxy) is 1. The van der Waals surface area contributed by atoms with Gasteiger partial charge in [-0.2, -0.15) is 0 Å². The number of hydrogen-bond acceptors (Lipinski definition) is 3. The van der Waals surface area contributed by atoms with Gasteiger partial charge in [0, 0.05) is 19.1 Å². The van der Waals surface area contributed by atoms with E-state index in [1.165, 1.54) is 0 Å². The lowest BCUT2D eigenvalue weighted by Crippen LogP contribution is -2.31. The Kier molecular flexibility index (Phi) is 2.55. The Labute approximate surface area is 107 Å². The maximum atomic E-state index is 12.2. The minimum absolute atomic E-state index is 0.0169. The summed E-state index contributed by atoms with van der Waals surface area (Å²) >= 11 is 0. The summed E-state index contributed by atoms with van der Waals surface area (Å²) in [6.07, 6.45) is 1.93. The van der Waals surface area contributed by atoms with E-state index >= 15 is 0 Å². The zero-order valence-electron chi connectivity index (χ0n) is 10.6. The van der Waals surface area contributed by atoms with Crippen LogP contribution in [0.1, 0.15) is 18.4 Å². The van der Waals surface area contributed by atoms with Crippen LogP contribution in [0.4, 0.5) is 0 Å². The highest BCUT2D eigenvalue weighted by Gasteiger charge is 2.60. The van der Waals surface area contributed by atoms with E-state index in [0.717, 1.165) is 24.2 Å². The molecule has 0 aromatic heterocycles. The highest BCUT2D eigenvalue weighted by Crippen LogP contribution is 2.53. The Morgan fingerprint density at radius 3 is 2.56 bits per heavy atom. The van der Waals surface area contributed by atoms with Gasteiger partial charge in [0.2, 0.25) is 5.91 Å². The van der Waals surface area contributed by atoms with Gasteiger partial charge in [-0.3, -0.25) is 4.79 Å². The predicted molar refractivity (Wildman–Crippen MR) is 68.1 cm³/mol. The number of nitrogens with zero attached hydrogens (tertiary/aromatic N) is 1. The Bertz CT molecular complexity index is 465. The van der Waals surface area contributed by atoms with Crippen molar-refractivity contribution in [3.8, 4) is 5.75 Å². The third-order valence-electron chi connectivity index (χ3n) is 4.16. The van der Waals surface area contributed by atoms with E-state index in [2.05, 4.69) is 0 Å². The molecule has 2 N–H and O–H groups in total. The van der Waals surface area contributed by atoms with E-state index in [4.69, 9.17) is 10.5 Å². The van der Waals surface area contributed by atoms with Crippen molar-refractivity contribution in [2.75, 3.05) is 13.7 Å². The van der Waals surface area contributed by atoms with E-state index in [1.54, 1.807) is 7.11 Å². The maximum absolute atomic E-state index is 12.2. The molecule has 1 saturated carbocycles. The van der Waals surface area contributed by atoms with Crippen molar-refractivity contribution in [1.82, 2.24) is 4.90 Å². The summed E-state index contributed by atoms with van der Waals surface area (Å²) in [4.78, 5) is 14.1. The van der Waals surface area contributed by atoms with E-state index in [-0.39, 0.29) is 17.4 Å². The van der Waals surface area contributed by atoms with Crippen molar-refractivity contribution in [1.29, 1.82) is 0 Å². The summed E-state index contributed by atoms with van der Waals surface area (Å²) in [5.74, 6) is 1.08. The van der Waals surface area contributed by atoms with Crippen molar-refractivity contribution < 1.29 is 9.53 Å². The SMILES string of the molecule is COc1ccc(CN2C[C@H](N)C3(CC3)C2=O)cc1. The third-order valence-corrected chi connectivity index (χ3v) is 4.16. The first-order valence-corrected chi connectivity index (χ1v) is 6.33. The van der Waals surface area contributed by atoms with E-state index in [1.807, 2.05) is 29.2 Å². The molecule has 4 nitrogen and oxygen atoms in total. The molecule has 18 heavy (non-hydrogen) atoms. The number of hydrogen-bond donors (Lipinski definition) is 1. The topological polar surface area (TPSA) is 55.6 Å². The molecule has 1 saturated heterocycles. The number of carbonyl (C=O) groups is 1. The number of nitrogens with two attached hydrogens (primary N) is 1. The largest absolute Gasteiger partial charge is 0.497 e. The zero-order valence-corrected chi connectivity index (χ0v) is 10.6. The van der Waals surface area contributed by atoms with Crippen molar-refractivity contribution in [2.24, 2.45) is 11.1 Å². The molecule has 1 aromatic carbocycles. The number of carbonyl (C=O) groups excluding carboxylic acids is 1. The number of likely N-dealkylation sites (tertiary alicyclic amines) is 1. The van der Waals surface area contributed by atoms with Crippen molar-refractivity contribution in [3.63, 3.8) is 0 Å². The summed E-state index contributed by atoms with van der Waals surface area (Å²) < 4.78 is 5.12. The Morgan fingerprint density at radius 2 is 2.06 bits per heavy atom. The van der Waals surface area contributed by atoms with Gasteiger partial charge in [-0.15, -0.1) is 0 Å². The Hall–Kier alpha value is -1.55. The summed E-state index contributed by atoms with van der Waals surface area (Å²) in [5, 5.41) is 0. The lowest BCUT2D eigenvalue weighted by Gasteiger charge is -2.16. The standard InChI is InChI=1S/C14H18N2O2/c1-18-11-4-2-10(3-5-11)8-16-9-12(15)14(6-7-14)13(16)17/h2-5,12H,6-9,15H2,1H3/t12-/m0/s1. The molecule has 96 valence electrons. The highest BCUT2D eigenvalue weighted by molar-refractivity contribution is 5.88. The molecule has 1 atom stereocenters. The predicted octanol–water partition coefficient (Wildman–Crippen LogP) is 1.14. The van der Waals surface area contributed by atoms with Gasteiger partial charge >= 0.3 is 0 Å². The molecule has 1 aromatic rings. The Balaban J connectivity index is 1.71. The minimum atomic E-state index is -0.202. The van der Waals surface area contributed by atoms with Crippen LogP contribution in [0.3, 0.4) is 0 Å². The van der Waals surface area contributed by atoms with Gasteiger partial charge < -0.3 is 15.4 Å². The van der Waals surface area contributed by atoms with Crippen molar-refractivity contribution in [3.05, 3.63) is 29.8 Å². The number of methoxy groups -OCH3 is 1. The van der Waals surface area contributed by atoms with E-state index in [9.17, 15) is 4.79 Å². The van der Waals surface area contributed by atoms with Crippen LogP contribution in [0.2, 0.25) is 0 Å². The molecule has 1 aliphatic carbocycles. The van der Waals surface area contributed by atoms with Crippen molar-refractivity contribution in [2.45, 2.75) is 25.4 Å². The first-order valence-electron chi connectivity index (χ1n) is 6.33. The summed E-state index contributed by atoms with van der Waals surface area (Å²) in [5.41, 5.74) is 6.99. The molecule has 3 rings (SSSR count). The molecule has 2 aliphatic rings. The van der Waals surface area contributed by atoms with Crippen LogP contribution in [-0.2, 0) is 11.3 Å². The monoisotopic (exact) mass is 246 g/mol. The van der Waals surface area contributed by atoms with Gasteiger partial charge in [-0.1, -0.05) is 12.1 Å². The summed E-state index contributed by atoms with van der Waals surface area (Å²) in [6, 6.07) is 7.85. The van der Waals surface area contributed by atoms with Crippen LogP contribution >= 0.6 is 0 Å². The molecule has 0 unspecified atom stereocenters. The fourth-order valence-electron chi connectivity index (χ4n) is 2.78. The number of benzene rings is 1. The molecule has 1 amide bonds. The number of rotatable bonds is 3. The number of amides is 1. The van der Waals surface area contributed by atoms with Crippen LogP contribution in [0.5, 0.6) is 5.75 Å². The first kappa shape index (κ1) is 11.5. The molecule has 0 radical (unpaired) electrons. The lowest BCUT2D eigenvalue weighted by atomic mass is 10.0. The quantitative estimate of drug-likeness (QED) is 0.870.